The summed E-state index contributed by atoms with van der Waals surface area (Å²) in [7, 11) is 5.08. The molecule has 0 unspecified atom stereocenters. The van der Waals surface area contributed by atoms with Gasteiger partial charge in [0.05, 0.1) is 6.61 Å². The number of methoxy groups -OCH3 is 2. The van der Waals surface area contributed by atoms with E-state index in [1.807, 2.05) is 12.1 Å². The Hall–Kier alpha value is -1.86. The zero-order valence-electron chi connectivity index (χ0n) is 13.6. The van der Waals surface area contributed by atoms with Gasteiger partial charge in [-0.25, -0.2) is 4.98 Å². The molecular weight excluding hydrogens is 284 g/mol. The minimum atomic E-state index is 0.477. The zero-order chi connectivity index (χ0) is 16.0. The third-order valence-corrected chi connectivity index (χ3v) is 2.86. The Kier molecular flexibility index (Phi) is 9.73. The van der Waals surface area contributed by atoms with Gasteiger partial charge < -0.3 is 24.8 Å². The number of pyridine rings is 1. The van der Waals surface area contributed by atoms with Gasteiger partial charge in [-0.05, 0) is 12.5 Å². The van der Waals surface area contributed by atoms with E-state index >= 15 is 0 Å². The second-order valence-electron chi connectivity index (χ2n) is 4.51. The molecule has 0 fully saturated rings. The normalized spacial score (nSPS) is 11.3. The number of hydrogen-bond acceptors (Lipinski definition) is 5. The van der Waals surface area contributed by atoms with Crippen LogP contribution in [0.25, 0.3) is 0 Å². The lowest BCUT2D eigenvalue weighted by Crippen LogP contribution is -2.37. The van der Waals surface area contributed by atoms with E-state index in [0.29, 0.717) is 25.6 Å². The fraction of sp³-hybridized carbons (Fsp3) is 0.600. The molecule has 0 spiro atoms. The van der Waals surface area contributed by atoms with Gasteiger partial charge in [0, 0.05) is 52.7 Å². The van der Waals surface area contributed by atoms with E-state index in [2.05, 4.69) is 20.6 Å². The van der Waals surface area contributed by atoms with Crippen molar-refractivity contribution in [1.82, 2.24) is 15.6 Å². The fourth-order valence-corrected chi connectivity index (χ4v) is 1.73. The van der Waals surface area contributed by atoms with Crippen LogP contribution in [0.1, 0.15) is 12.0 Å². The number of nitrogens with zero attached hydrogens (tertiary/aromatic N) is 2. The quantitative estimate of drug-likeness (QED) is 0.378. The van der Waals surface area contributed by atoms with E-state index in [0.717, 1.165) is 31.1 Å². The first-order valence-corrected chi connectivity index (χ1v) is 7.31. The van der Waals surface area contributed by atoms with Crippen molar-refractivity contribution in [2.75, 3.05) is 47.6 Å². The van der Waals surface area contributed by atoms with Crippen molar-refractivity contribution in [2.45, 2.75) is 13.0 Å². The summed E-state index contributed by atoms with van der Waals surface area (Å²) in [6.45, 7) is 3.12. The number of rotatable bonds is 10. The predicted molar refractivity (Wildman–Crippen MR) is 86.3 cm³/mol. The molecule has 0 bridgehead atoms. The van der Waals surface area contributed by atoms with Crippen LogP contribution < -0.4 is 15.4 Å². The monoisotopic (exact) mass is 310 g/mol. The molecule has 0 amide bonds. The topological polar surface area (TPSA) is 77.0 Å². The maximum atomic E-state index is 5.60. The van der Waals surface area contributed by atoms with E-state index < -0.39 is 0 Å². The van der Waals surface area contributed by atoms with Crippen LogP contribution >= 0.6 is 0 Å². The summed E-state index contributed by atoms with van der Waals surface area (Å²) in [4.78, 5) is 8.42. The van der Waals surface area contributed by atoms with Crippen molar-refractivity contribution in [2.24, 2.45) is 4.99 Å². The van der Waals surface area contributed by atoms with Crippen LogP contribution in [0.2, 0.25) is 0 Å². The van der Waals surface area contributed by atoms with Crippen molar-refractivity contribution in [1.29, 1.82) is 0 Å². The van der Waals surface area contributed by atoms with Gasteiger partial charge in [0.15, 0.2) is 5.96 Å². The number of aliphatic imine (C=N–C) groups is 1. The van der Waals surface area contributed by atoms with E-state index in [9.17, 15) is 0 Å². The van der Waals surface area contributed by atoms with Gasteiger partial charge in [0.2, 0.25) is 5.88 Å². The van der Waals surface area contributed by atoms with Crippen LogP contribution in [0.3, 0.4) is 0 Å². The summed E-state index contributed by atoms with van der Waals surface area (Å²) >= 11 is 0. The molecule has 7 nitrogen and oxygen atoms in total. The molecule has 0 saturated carbocycles. The highest BCUT2D eigenvalue weighted by Gasteiger charge is 2.05. The maximum Gasteiger partial charge on any atom is 0.218 e. The first-order valence-electron chi connectivity index (χ1n) is 7.31. The molecule has 0 atom stereocenters. The van der Waals surface area contributed by atoms with Crippen LogP contribution in [0.4, 0.5) is 0 Å². The molecule has 7 heteroatoms. The van der Waals surface area contributed by atoms with E-state index in [1.54, 1.807) is 27.5 Å². The SMILES string of the molecule is CN=C(NCCCOC)NCc1cccnc1OCCOC. The molecule has 22 heavy (non-hydrogen) atoms. The highest BCUT2D eigenvalue weighted by Crippen LogP contribution is 2.13. The van der Waals surface area contributed by atoms with Crippen molar-refractivity contribution in [3.05, 3.63) is 23.9 Å². The summed E-state index contributed by atoms with van der Waals surface area (Å²) in [5.74, 6) is 1.35. The standard InChI is InChI=1S/C15H26N4O3/c1-16-15(18-8-5-9-20-2)19-12-13-6-4-7-17-14(13)22-11-10-21-3/h4,6-7H,5,8-12H2,1-3H3,(H2,16,18,19). The number of hydrogen-bond donors (Lipinski definition) is 2. The van der Waals surface area contributed by atoms with Gasteiger partial charge in [-0.2, -0.15) is 0 Å². The third kappa shape index (κ3) is 7.24. The molecule has 1 aromatic heterocycles. The molecule has 0 aliphatic heterocycles. The van der Waals surface area contributed by atoms with Crippen LogP contribution in [0, 0.1) is 0 Å². The zero-order valence-corrected chi connectivity index (χ0v) is 13.6. The van der Waals surface area contributed by atoms with Crippen molar-refractivity contribution in [3.8, 4) is 5.88 Å². The molecule has 2 N–H and O–H groups in total. The smallest absolute Gasteiger partial charge is 0.218 e. The minimum Gasteiger partial charge on any atom is -0.475 e. The first-order chi connectivity index (χ1) is 10.8. The average molecular weight is 310 g/mol. The molecule has 1 heterocycles. The van der Waals surface area contributed by atoms with Gasteiger partial charge in [0.1, 0.15) is 6.61 Å². The Morgan fingerprint density at radius 2 is 2.00 bits per heavy atom. The van der Waals surface area contributed by atoms with E-state index in [-0.39, 0.29) is 0 Å². The fourth-order valence-electron chi connectivity index (χ4n) is 1.73. The average Bonchev–Trinajstić information content (AvgIpc) is 2.55. The summed E-state index contributed by atoms with van der Waals surface area (Å²) in [5.41, 5.74) is 0.971. The van der Waals surface area contributed by atoms with Gasteiger partial charge in [0.25, 0.3) is 0 Å². The molecule has 0 aromatic carbocycles. The van der Waals surface area contributed by atoms with Crippen molar-refractivity contribution >= 4 is 5.96 Å². The Morgan fingerprint density at radius 1 is 1.18 bits per heavy atom. The molecule has 0 aliphatic rings. The molecule has 124 valence electrons. The largest absolute Gasteiger partial charge is 0.475 e. The summed E-state index contributed by atoms with van der Waals surface area (Å²) < 4.78 is 15.6. The number of guanidine groups is 1. The Balaban J connectivity index is 2.44. The Bertz CT molecular complexity index is 441. The molecule has 1 rings (SSSR count). The molecular formula is C15H26N4O3. The maximum absolute atomic E-state index is 5.60. The van der Waals surface area contributed by atoms with E-state index in [1.165, 1.54) is 0 Å². The number of nitrogens with one attached hydrogen (secondary N) is 2. The molecule has 1 aromatic rings. The highest BCUT2D eigenvalue weighted by atomic mass is 16.5. The van der Waals surface area contributed by atoms with Crippen LogP contribution in [0.15, 0.2) is 23.3 Å². The minimum absolute atomic E-state index is 0.477. The van der Waals surface area contributed by atoms with Crippen molar-refractivity contribution in [3.63, 3.8) is 0 Å². The van der Waals surface area contributed by atoms with Crippen LogP contribution in [0.5, 0.6) is 5.88 Å². The number of aromatic nitrogens is 1. The summed E-state index contributed by atoms with van der Waals surface area (Å²) in [5, 5.41) is 6.46. The molecule has 0 saturated heterocycles. The highest BCUT2D eigenvalue weighted by molar-refractivity contribution is 5.79. The predicted octanol–water partition coefficient (Wildman–Crippen LogP) is 0.808. The third-order valence-electron chi connectivity index (χ3n) is 2.86. The number of ether oxygens (including phenoxy) is 3. The second kappa shape index (κ2) is 11.8. The lowest BCUT2D eigenvalue weighted by molar-refractivity contribution is 0.143. The first kappa shape index (κ1) is 18.2. The van der Waals surface area contributed by atoms with Crippen LogP contribution in [-0.2, 0) is 16.0 Å². The molecule has 0 aliphatic carbocycles. The summed E-state index contributed by atoms with van der Waals surface area (Å²) in [6.07, 6.45) is 2.64. The Morgan fingerprint density at radius 3 is 2.73 bits per heavy atom. The Labute approximate surface area is 132 Å². The van der Waals surface area contributed by atoms with Crippen LogP contribution in [-0.4, -0.2) is 58.6 Å². The van der Waals surface area contributed by atoms with Gasteiger partial charge in [-0.15, -0.1) is 0 Å². The van der Waals surface area contributed by atoms with Gasteiger partial charge >= 0.3 is 0 Å². The molecule has 0 radical (unpaired) electrons. The van der Waals surface area contributed by atoms with E-state index in [4.69, 9.17) is 14.2 Å². The summed E-state index contributed by atoms with van der Waals surface area (Å²) in [6, 6.07) is 3.86. The van der Waals surface area contributed by atoms with Crippen molar-refractivity contribution < 1.29 is 14.2 Å². The second-order valence-corrected chi connectivity index (χ2v) is 4.51. The van der Waals surface area contributed by atoms with Gasteiger partial charge in [-0.3, -0.25) is 4.99 Å². The van der Waals surface area contributed by atoms with Gasteiger partial charge in [-0.1, -0.05) is 6.07 Å². The lowest BCUT2D eigenvalue weighted by Gasteiger charge is -2.14. The lowest BCUT2D eigenvalue weighted by atomic mass is 10.2.